The van der Waals surface area contributed by atoms with Crippen LogP contribution in [0.1, 0.15) is 6.92 Å². The quantitative estimate of drug-likeness (QED) is 0.761. The number of pyridine rings is 1. The number of anilines is 1. The number of aromatic hydroxyl groups is 1. The van der Waals surface area contributed by atoms with Gasteiger partial charge in [0.1, 0.15) is 11.4 Å². The third-order valence-corrected chi connectivity index (χ3v) is 3.53. The fourth-order valence-corrected chi connectivity index (χ4v) is 2.51. The van der Waals surface area contributed by atoms with E-state index < -0.39 is 0 Å². The first-order chi connectivity index (χ1) is 10.5. The van der Waals surface area contributed by atoms with E-state index in [0.717, 1.165) is 5.39 Å². The van der Waals surface area contributed by atoms with Crippen LogP contribution in [0.5, 0.6) is 5.75 Å². The Bertz CT molecular complexity index is 889. The molecule has 0 spiro atoms. The van der Waals surface area contributed by atoms with Crippen molar-refractivity contribution in [1.29, 1.82) is 0 Å². The van der Waals surface area contributed by atoms with Crippen LogP contribution in [0.2, 0.25) is 5.02 Å². The molecule has 0 fully saturated rings. The highest BCUT2D eigenvalue weighted by Crippen LogP contribution is 2.35. The molecule has 0 aliphatic heterocycles. The zero-order valence-electron chi connectivity index (χ0n) is 12.0. The van der Waals surface area contributed by atoms with Crippen molar-refractivity contribution in [2.75, 3.05) is 5.32 Å². The largest absolute Gasteiger partial charge is 0.508 e. The molecule has 22 heavy (non-hydrogen) atoms. The number of carbonyl (C=O) groups excluding carboxylic acids is 1. The van der Waals surface area contributed by atoms with Crippen molar-refractivity contribution in [1.82, 2.24) is 14.8 Å². The number of aromatic nitrogens is 3. The molecule has 0 unspecified atom stereocenters. The summed E-state index contributed by atoms with van der Waals surface area (Å²) in [4.78, 5) is 15.5. The van der Waals surface area contributed by atoms with Gasteiger partial charge in [0.25, 0.3) is 0 Å². The van der Waals surface area contributed by atoms with Crippen molar-refractivity contribution in [3.63, 3.8) is 0 Å². The van der Waals surface area contributed by atoms with Gasteiger partial charge in [-0.2, -0.15) is 5.10 Å². The number of amides is 1. The summed E-state index contributed by atoms with van der Waals surface area (Å²) in [6.45, 7) is 1.43. The number of aryl methyl sites for hydroxylation is 1. The molecule has 112 valence electrons. The fraction of sp³-hybridized carbons (Fsp3) is 0.133. The zero-order chi connectivity index (χ0) is 15.9. The number of halogens is 1. The normalized spacial score (nSPS) is 10.9. The molecule has 0 aliphatic rings. The molecule has 6 nitrogen and oxygen atoms in total. The number of hydrogen-bond donors (Lipinski definition) is 2. The summed E-state index contributed by atoms with van der Waals surface area (Å²) in [5, 5.41) is 18.0. The number of nitrogens with one attached hydrogen (secondary N) is 1. The van der Waals surface area contributed by atoms with Gasteiger partial charge in [-0.25, -0.2) is 9.67 Å². The minimum Gasteiger partial charge on any atom is -0.508 e. The number of rotatable bonds is 2. The molecule has 3 aromatic rings. The second-order valence-electron chi connectivity index (χ2n) is 4.91. The van der Waals surface area contributed by atoms with Crippen molar-refractivity contribution in [3.8, 4) is 17.0 Å². The Kier molecular flexibility index (Phi) is 3.46. The Morgan fingerprint density at radius 3 is 2.86 bits per heavy atom. The molecule has 0 aliphatic carbocycles. The number of carbonyl (C=O) groups is 1. The minimum absolute atomic E-state index is 0.101. The monoisotopic (exact) mass is 316 g/mol. The Balaban J connectivity index is 2.24. The van der Waals surface area contributed by atoms with Gasteiger partial charge in [-0.15, -0.1) is 0 Å². The third kappa shape index (κ3) is 2.48. The van der Waals surface area contributed by atoms with Crippen LogP contribution in [0, 0.1) is 0 Å². The molecule has 1 aromatic carbocycles. The van der Waals surface area contributed by atoms with Crippen molar-refractivity contribution >= 4 is 34.2 Å². The van der Waals surface area contributed by atoms with Crippen molar-refractivity contribution in [2.24, 2.45) is 7.05 Å². The van der Waals surface area contributed by atoms with E-state index in [1.165, 1.54) is 13.0 Å². The maximum absolute atomic E-state index is 11.2. The molecular weight excluding hydrogens is 304 g/mol. The Morgan fingerprint density at radius 1 is 1.36 bits per heavy atom. The van der Waals surface area contributed by atoms with Gasteiger partial charge >= 0.3 is 0 Å². The number of fused-ring (bicyclic) bond motifs is 1. The van der Waals surface area contributed by atoms with Gasteiger partial charge in [0.05, 0.1) is 16.9 Å². The van der Waals surface area contributed by atoms with Gasteiger partial charge in [-0.1, -0.05) is 11.6 Å². The molecule has 0 bridgehead atoms. The summed E-state index contributed by atoms with van der Waals surface area (Å²) < 4.78 is 1.63. The van der Waals surface area contributed by atoms with Crippen LogP contribution < -0.4 is 5.32 Å². The molecule has 7 heteroatoms. The molecular formula is C15H13ClN4O2. The average Bonchev–Trinajstić information content (AvgIpc) is 2.77. The second kappa shape index (κ2) is 5.31. The summed E-state index contributed by atoms with van der Waals surface area (Å²) in [5.41, 5.74) is 2.43. The maximum atomic E-state index is 11.2. The highest BCUT2D eigenvalue weighted by Gasteiger charge is 2.16. The van der Waals surface area contributed by atoms with Crippen LogP contribution in [-0.2, 0) is 11.8 Å². The molecule has 2 heterocycles. The van der Waals surface area contributed by atoms with E-state index >= 15 is 0 Å². The lowest BCUT2D eigenvalue weighted by atomic mass is 10.1. The topological polar surface area (TPSA) is 80.0 Å². The van der Waals surface area contributed by atoms with E-state index in [4.69, 9.17) is 11.6 Å². The van der Waals surface area contributed by atoms with E-state index in [-0.39, 0.29) is 11.7 Å². The van der Waals surface area contributed by atoms with E-state index in [2.05, 4.69) is 15.4 Å². The third-order valence-electron chi connectivity index (χ3n) is 3.20. The van der Waals surface area contributed by atoms with Crippen molar-refractivity contribution in [3.05, 3.63) is 35.5 Å². The highest BCUT2D eigenvalue weighted by molar-refractivity contribution is 6.33. The smallest absolute Gasteiger partial charge is 0.221 e. The molecule has 0 saturated heterocycles. The standard InChI is InChI=1S/C15H13ClN4O2/c1-8(21)18-9-5-12-14(19-20(2)15(12)17-7-9)11-6-10(22)3-4-13(11)16/h3-7,22H,1-2H3,(H,18,21). The van der Waals surface area contributed by atoms with Gasteiger partial charge in [0, 0.05) is 24.9 Å². The number of nitrogens with zero attached hydrogens (tertiary/aromatic N) is 3. The van der Waals surface area contributed by atoms with Crippen LogP contribution in [0.4, 0.5) is 5.69 Å². The van der Waals surface area contributed by atoms with Crippen LogP contribution in [0.25, 0.3) is 22.3 Å². The SMILES string of the molecule is CC(=O)Nc1cnc2c(c1)c(-c1cc(O)ccc1Cl)nn2C. The predicted octanol–water partition coefficient (Wildman–Crippen LogP) is 2.95. The lowest BCUT2D eigenvalue weighted by Crippen LogP contribution is -2.05. The second-order valence-corrected chi connectivity index (χ2v) is 5.32. The van der Waals surface area contributed by atoms with Gasteiger partial charge in [0.15, 0.2) is 5.65 Å². The highest BCUT2D eigenvalue weighted by atomic mass is 35.5. The lowest BCUT2D eigenvalue weighted by Gasteiger charge is -2.04. The first-order valence-electron chi connectivity index (χ1n) is 6.55. The summed E-state index contributed by atoms with van der Waals surface area (Å²) in [5.74, 6) is -0.0776. The first-order valence-corrected chi connectivity index (χ1v) is 6.92. The van der Waals surface area contributed by atoms with Gasteiger partial charge in [0.2, 0.25) is 5.91 Å². The molecule has 0 saturated carbocycles. The average molecular weight is 317 g/mol. The molecule has 0 atom stereocenters. The van der Waals surface area contributed by atoms with Crippen molar-refractivity contribution in [2.45, 2.75) is 6.92 Å². The number of phenolic OH excluding ortho intramolecular Hbond substituents is 1. The summed E-state index contributed by atoms with van der Waals surface area (Å²) in [7, 11) is 1.77. The summed E-state index contributed by atoms with van der Waals surface area (Å²) in [6, 6.07) is 6.46. The predicted molar refractivity (Wildman–Crippen MR) is 84.9 cm³/mol. The molecule has 2 N–H and O–H groups in total. The number of phenols is 1. The van der Waals surface area contributed by atoms with Crippen LogP contribution >= 0.6 is 11.6 Å². The lowest BCUT2D eigenvalue weighted by molar-refractivity contribution is -0.114. The number of hydrogen-bond acceptors (Lipinski definition) is 4. The number of benzene rings is 1. The zero-order valence-corrected chi connectivity index (χ0v) is 12.7. The molecule has 1 amide bonds. The Hall–Kier alpha value is -2.60. The van der Waals surface area contributed by atoms with E-state index in [0.29, 0.717) is 27.6 Å². The van der Waals surface area contributed by atoms with Crippen LogP contribution in [0.3, 0.4) is 0 Å². The fourth-order valence-electron chi connectivity index (χ4n) is 2.31. The summed E-state index contributed by atoms with van der Waals surface area (Å²) in [6.07, 6.45) is 1.57. The van der Waals surface area contributed by atoms with Crippen LogP contribution in [0.15, 0.2) is 30.5 Å². The summed E-state index contributed by atoms with van der Waals surface area (Å²) >= 11 is 6.21. The molecule has 2 aromatic heterocycles. The van der Waals surface area contributed by atoms with Gasteiger partial charge in [-0.3, -0.25) is 4.79 Å². The van der Waals surface area contributed by atoms with Crippen LogP contribution in [-0.4, -0.2) is 25.8 Å². The van der Waals surface area contributed by atoms with Gasteiger partial charge in [-0.05, 0) is 24.3 Å². The van der Waals surface area contributed by atoms with E-state index in [1.54, 1.807) is 36.1 Å². The Labute approximate surface area is 131 Å². The first kappa shape index (κ1) is 14.3. The minimum atomic E-state index is -0.179. The van der Waals surface area contributed by atoms with E-state index in [9.17, 15) is 9.90 Å². The molecule has 3 rings (SSSR count). The van der Waals surface area contributed by atoms with E-state index in [1.807, 2.05) is 0 Å². The Morgan fingerprint density at radius 2 is 2.14 bits per heavy atom. The van der Waals surface area contributed by atoms with Crippen molar-refractivity contribution < 1.29 is 9.90 Å². The maximum Gasteiger partial charge on any atom is 0.221 e. The molecule has 0 radical (unpaired) electrons. The van der Waals surface area contributed by atoms with Gasteiger partial charge < -0.3 is 10.4 Å².